The van der Waals surface area contributed by atoms with E-state index in [2.05, 4.69) is 16.6 Å². The van der Waals surface area contributed by atoms with Gasteiger partial charge >= 0.3 is 0 Å². The maximum Gasteiger partial charge on any atom is 0.243 e. The van der Waals surface area contributed by atoms with Crippen LogP contribution >= 0.6 is 0 Å². The molecule has 30 heavy (non-hydrogen) atoms. The predicted molar refractivity (Wildman–Crippen MR) is 116 cm³/mol. The summed E-state index contributed by atoms with van der Waals surface area (Å²) in [7, 11) is -3.62. The van der Waals surface area contributed by atoms with Gasteiger partial charge in [-0.1, -0.05) is 12.0 Å². The zero-order valence-electron chi connectivity index (χ0n) is 18.2. The first-order chi connectivity index (χ1) is 14.1. The number of piperidine rings is 1. The quantitative estimate of drug-likeness (QED) is 0.638. The van der Waals surface area contributed by atoms with Crippen molar-refractivity contribution in [1.82, 2.24) is 14.9 Å². The van der Waals surface area contributed by atoms with Crippen LogP contribution in [0.4, 0.5) is 0 Å². The lowest BCUT2D eigenvalue weighted by molar-refractivity contribution is -0.126. The van der Waals surface area contributed by atoms with E-state index in [4.69, 9.17) is 6.42 Å². The Hall–Kier alpha value is -2.37. The van der Waals surface area contributed by atoms with Crippen molar-refractivity contribution in [3.8, 4) is 12.3 Å². The van der Waals surface area contributed by atoms with Gasteiger partial charge in [-0.25, -0.2) is 8.42 Å². The Morgan fingerprint density at radius 2 is 1.67 bits per heavy atom. The van der Waals surface area contributed by atoms with Crippen LogP contribution in [-0.2, 0) is 19.6 Å². The Balaban J connectivity index is 1.96. The first-order valence-corrected chi connectivity index (χ1v) is 11.6. The second kappa shape index (κ2) is 10.1. The topological polar surface area (TPSA) is 95.6 Å². The van der Waals surface area contributed by atoms with Crippen LogP contribution in [0.2, 0.25) is 0 Å². The lowest BCUT2D eigenvalue weighted by atomic mass is 9.97. The zero-order valence-corrected chi connectivity index (χ0v) is 19.0. The maximum absolute atomic E-state index is 13.3. The Morgan fingerprint density at radius 1 is 1.10 bits per heavy atom. The number of benzene rings is 1. The molecule has 1 heterocycles. The molecule has 2 rings (SSSR count). The van der Waals surface area contributed by atoms with E-state index in [-0.39, 0.29) is 37.2 Å². The zero-order chi connectivity index (χ0) is 22.5. The second-order valence-corrected chi connectivity index (χ2v) is 9.66. The molecule has 0 atom stereocenters. The summed E-state index contributed by atoms with van der Waals surface area (Å²) in [5, 5.41) is 5.30. The number of hydrogen-bond donors (Lipinski definition) is 2. The molecule has 2 amide bonds. The van der Waals surface area contributed by atoms with Crippen molar-refractivity contribution >= 4 is 21.8 Å². The Kier molecular flexibility index (Phi) is 8.04. The number of hydrogen-bond acceptors (Lipinski definition) is 4. The molecule has 1 saturated heterocycles. The van der Waals surface area contributed by atoms with Gasteiger partial charge in [-0.3, -0.25) is 9.59 Å². The largest absolute Gasteiger partial charge is 0.355 e. The molecule has 0 aliphatic carbocycles. The number of sulfonamides is 1. The second-order valence-electron chi connectivity index (χ2n) is 7.79. The molecule has 1 aliphatic rings. The number of aryl methyl sites for hydroxylation is 2. The maximum atomic E-state index is 13.3. The number of carbonyl (C=O) groups is 2. The van der Waals surface area contributed by atoms with Crippen LogP contribution in [0.25, 0.3) is 0 Å². The molecule has 0 radical (unpaired) electrons. The molecule has 164 valence electrons. The Bertz CT molecular complexity index is 929. The van der Waals surface area contributed by atoms with Gasteiger partial charge in [0.05, 0.1) is 11.4 Å². The minimum absolute atomic E-state index is 0.143. The third kappa shape index (κ3) is 5.41. The van der Waals surface area contributed by atoms with Crippen LogP contribution in [0.1, 0.15) is 41.5 Å². The fraction of sp³-hybridized carbons (Fsp3) is 0.545. The van der Waals surface area contributed by atoms with Crippen LogP contribution in [0.5, 0.6) is 0 Å². The standard InChI is InChI=1S/C22H31N3O4S/c1-6-10-23-20(26)7-11-24-22(27)19-8-12-25(13-9-19)30(28,29)21-17(4)15(2)14-16(3)18(21)5/h1,14,19H,7-13H2,2-5H3,(H,23,26)(H,24,27). The fourth-order valence-corrected chi connectivity index (χ4v) is 5.78. The van der Waals surface area contributed by atoms with Gasteiger partial charge in [-0.05, 0) is 62.8 Å². The molecular weight excluding hydrogens is 402 g/mol. The van der Waals surface area contributed by atoms with E-state index >= 15 is 0 Å². The van der Waals surface area contributed by atoms with Crippen molar-refractivity contribution in [3.05, 3.63) is 28.3 Å². The van der Waals surface area contributed by atoms with Gasteiger partial charge in [0.1, 0.15) is 0 Å². The summed E-state index contributed by atoms with van der Waals surface area (Å²) in [6.45, 7) is 8.52. The smallest absolute Gasteiger partial charge is 0.243 e. The van der Waals surface area contributed by atoms with E-state index in [9.17, 15) is 18.0 Å². The summed E-state index contributed by atoms with van der Waals surface area (Å²) in [5.41, 5.74) is 3.47. The molecule has 1 fully saturated rings. The molecule has 2 N–H and O–H groups in total. The first-order valence-electron chi connectivity index (χ1n) is 10.1. The highest BCUT2D eigenvalue weighted by atomic mass is 32.2. The minimum atomic E-state index is -3.62. The summed E-state index contributed by atoms with van der Waals surface area (Å²) in [5.74, 6) is 1.70. The number of amides is 2. The predicted octanol–water partition coefficient (Wildman–Crippen LogP) is 1.58. The van der Waals surface area contributed by atoms with Gasteiger partial charge < -0.3 is 10.6 Å². The van der Waals surface area contributed by atoms with Gasteiger partial charge in [0, 0.05) is 32.0 Å². The van der Waals surface area contributed by atoms with Crippen molar-refractivity contribution in [3.63, 3.8) is 0 Å². The first kappa shape index (κ1) is 23.9. The van der Waals surface area contributed by atoms with E-state index in [1.165, 1.54) is 4.31 Å². The monoisotopic (exact) mass is 433 g/mol. The molecule has 1 aromatic rings. The molecule has 0 unspecified atom stereocenters. The number of nitrogens with one attached hydrogen (secondary N) is 2. The number of nitrogens with zero attached hydrogens (tertiary/aromatic N) is 1. The third-order valence-electron chi connectivity index (χ3n) is 5.76. The number of terminal acetylenes is 1. The van der Waals surface area contributed by atoms with Gasteiger partial charge in [-0.2, -0.15) is 4.31 Å². The Labute approximate surface area is 179 Å². The van der Waals surface area contributed by atoms with Crippen LogP contribution in [0.3, 0.4) is 0 Å². The third-order valence-corrected chi connectivity index (χ3v) is 7.93. The average Bonchev–Trinajstić information content (AvgIpc) is 2.70. The SMILES string of the molecule is C#CCNC(=O)CCNC(=O)C1CCN(S(=O)(=O)c2c(C)c(C)cc(C)c2C)CC1. The lowest BCUT2D eigenvalue weighted by Crippen LogP contribution is -2.43. The van der Waals surface area contributed by atoms with Gasteiger partial charge in [0.25, 0.3) is 0 Å². The van der Waals surface area contributed by atoms with Crippen LogP contribution < -0.4 is 10.6 Å². The molecule has 8 heteroatoms. The van der Waals surface area contributed by atoms with Crippen LogP contribution in [0, 0.1) is 46.0 Å². The summed E-state index contributed by atoms with van der Waals surface area (Å²) in [6, 6.07) is 2.01. The molecule has 1 aliphatic heterocycles. The van der Waals surface area contributed by atoms with Crippen molar-refractivity contribution in [2.45, 2.75) is 51.9 Å². The molecular formula is C22H31N3O4S. The molecule has 1 aromatic carbocycles. The van der Waals surface area contributed by atoms with E-state index in [0.717, 1.165) is 22.3 Å². The molecule has 7 nitrogen and oxygen atoms in total. The van der Waals surface area contributed by atoms with E-state index in [1.54, 1.807) is 0 Å². The van der Waals surface area contributed by atoms with Gasteiger partial charge in [0.15, 0.2) is 0 Å². The summed E-state index contributed by atoms with van der Waals surface area (Å²) < 4.78 is 28.1. The summed E-state index contributed by atoms with van der Waals surface area (Å²) >= 11 is 0. The van der Waals surface area contributed by atoms with Gasteiger partial charge in [0.2, 0.25) is 21.8 Å². The van der Waals surface area contributed by atoms with Crippen LogP contribution in [-0.4, -0.2) is 50.7 Å². The molecule has 0 bridgehead atoms. The number of carbonyl (C=O) groups excluding carboxylic acids is 2. The van der Waals surface area contributed by atoms with Crippen molar-refractivity contribution in [2.24, 2.45) is 5.92 Å². The summed E-state index contributed by atoms with van der Waals surface area (Å²) in [4.78, 5) is 24.3. The molecule has 0 aromatic heterocycles. The normalized spacial score (nSPS) is 15.4. The van der Waals surface area contributed by atoms with Crippen molar-refractivity contribution < 1.29 is 18.0 Å². The van der Waals surface area contributed by atoms with E-state index < -0.39 is 10.0 Å². The molecule has 0 saturated carbocycles. The highest BCUT2D eigenvalue weighted by Gasteiger charge is 2.34. The van der Waals surface area contributed by atoms with Crippen LogP contribution in [0.15, 0.2) is 11.0 Å². The summed E-state index contributed by atoms with van der Waals surface area (Å²) in [6.07, 6.45) is 6.15. The van der Waals surface area contributed by atoms with E-state index in [1.807, 2.05) is 33.8 Å². The highest BCUT2D eigenvalue weighted by molar-refractivity contribution is 7.89. The average molecular weight is 434 g/mol. The lowest BCUT2D eigenvalue weighted by Gasteiger charge is -2.31. The van der Waals surface area contributed by atoms with Crippen molar-refractivity contribution in [1.29, 1.82) is 0 Å². The Morgan fingerprint density at radius 3 is 2.20 bits per heavy atom. The van der Waals surface area contributed by atoms with Crippen molar-refractivity contribution in [2.75, 3.05) is 26.2 Å². The molecule has 0 spiro atoms. The minimum Gasteiger partial charge on any atom is -0.355 e. The van der Waals surface area contributed by atoms with E-state index in [0.29, 0.717) is 30.8 Å². The number of rotatable bonds is 7. The van der Waals surface area contributed by atoms with Gasteiger partial charge in [-0.15, -0.1) is 6.42 Å². The highest BCUT2D eigenvalue weighted by Crippen LogP contribution is 2.31. The fourth-order valence-electron chi connectivity index (χ4n) is 3.74.